The van der Waals surface area contributed by atoms with Crippen LogP contribution >= 0.6 is 22.7 Å². The van der Waals surface area contributed by atoms with Crippen molar-refractivity contribution in [3.05, 3.63) is 22.3 Å². The molecule has 1 unspecified atom stereocenters. The van der Waals surface area contributed by atoms with Crippen LogP contribution in [-0.2, 0) is 10.0 Å². The molecule has 0 bridgehead atoms. The van der Waals surface area contributed by atoms with E-state index in [0.29, 0.717) is 5.92 Å². The molecule has 0 spiro atoms. The maximum absolute atomic E-state index is 11.3. The van der Waals surface area contributed by atoms with Crippen molar-refractivity contribution in [3.63, 3.8) is 0 Å². The Morgan fingerprint density at radius 3 is 2.90 bits per heavy atom. The SMILES string of the molecule is Cc1csc(C2CCCN(c3ncc(S(N)(=O)=O)s3)C2)n1. The first kappa shape index (κ1) is 14.9. The summed E-state index contributed by atoms with van der Waals surface area (Å²) in [6.07, 6.45) is 3.50. The molecule has 0 aromatic carbocycles. The summed E-state index contributed by atoms with van der Waals surface area (Å²) in [6, 6.07) is 0. The molecule has 6 nitrogen and oxygen atoms in total. The van der Waals surface area contributed by atoms with Gasteiger partial charge in [-0.25, -0.2) is 23.5 Å². The number of aryl methyl sites for hydroxylation is 1. The zero-order chi connectivity index (χ0) is 15.0. The third-order valence-electron chi connectivity index (χ3n) is 3.43. The third kappa shape index (κ3) is 3.25. The van der Waals surface area contributed by atoms with Gasteiger partial charge in [0.25, 0.3) is 0 Å². The molecule has 1 aliphatic heterocycles. The minimum absolute atomic E-state index is 0.115. The highest BCUT2D eigenvalue weighted by molar-refractivity contribution is 7.91. The molecule has 0 saturated carbocycles. The van der Waals surface area contributed by atoms with Gasteiger partial charge in [-0.2, -0.15) is 0 Å². The lowest BCUT2D eigenvalue weighted by Crippen LogP contribution is -2.34. The summed E-state index contributed by atoms with van der Waals surface area (Å²) in [5, 5.41) is 9.08. The molecule has 9 heteroatoms. The summed E-state index contributed by atoms with van der Waals surface area (Å²) in [5.74, 6) is 0.388. The molecule has 1 saturated heterocycles. The largest absolute Gasteiger partial charge is 0.347 e. The van der Waals surface area contributed by atoms with Gasteiger partial charge in [0.15, 0.2) is 9.34 Å². The molecule has 114 valence electrons. The number of sulfonamides is 1. The van der Waals surface area contributed by atoms with Crippen LogP contribution in [0.25, 0.3) is 0 Å². The topological polar surface area (TPSA) is 89.2 Å². The number of rotatable bonds is 3. The van der Waals surface area contributed by atoms with Crippen LogP contribution in [0.5, 0.6) is 0 Å². The van der Waals surface area contributed by atoms with Crippen LogP contribution < -0.4 is 10.0 Å². The molecule has 2 aromatic heterocycles. The molecule has 3 heterocycles. The van der Waals surface area contributed by atoms with Crippen LogP contribution in [-0.4, -0.2) is 31.5 Å². The number of piperidine rings is 1. The van der Waals surface area contributed by atoms with Crippen molar-refractivity contribution < 1.29 is 8.42 Å². The van der Waals surface area contributed by atoms with Gasteiger partial charge in [0.1, 0.15) is 0 Å². The molecule has 21 heavy (non-hydrogen) atoms. The molecule has 2 aromatic rings. The van der Waals surface area contributed by atoms with Gasteiger partial charge in [0, 0.05) is 30.1 Å². The van der Waals surface area contributed by atoms with E-state index in [4.69, 9.17) is 5.14 Å². The minimum atomic E-state index is -3.66. The first-order valence-electron chi connectivity index (χ1n) is 6.59. The van der Waals surface area contributed by atoms with Gasteiger partial charge in [-0.15, -0.1) is 11.3 Å². The summed E-state index contributed by atoms with van der Waals surface area (Å²) >= 11 is 2.83. The average Bonchev–Trinajstić information content (AvgIpc) is 3.07. The Kier molecular flexibility index (Phi) is 4.00. The van der Waals surface area contributed by atoms with Crippen LogP contribution in [0.2, 0.25) is 0 Å². The van der Waals surface area contributed by atoms with Crippen LogP contribution in [0, 0.1) is 6.92 Å². The lowest BCUT2D eigenvalue weighted by Gasteiger charge is -2.31. The molecule has 2 N–H and O–H groups in total. The molecule has 0 radical (unpaired) electrons. The second-order valence-electron chi connectivity index (χ2n) is 5.12. The van der Waals surface area contributed by atoms with Crippen molar-refractivity contribution in [2.75, 3.05) is 18.0 Å². The van der Waals surface area contributed by atoms with Gasteiger partial charge >= 0.3 is 0 Å². The molecule has 0 amide bonds. The number of anilines is 1. The van der Waals surface area contributed by atoms with E-state index in [1.807, 2.05) is 6.92 Å². The van der Waals surface area contributed by atoms with Gasteiger partial charge in [-0.3, -0.25) is 0 Å². The molecular weight excluding hydrogens is 328 g/mol. The van der Waals surface area contributed by atoms with Crippen molar-refractivity contribution in [3.8, 4) is 0 Å². The van der Waals surface area contributed by atoms with E-state index in [1.165, 1.54) is 6.20 Å². The van der Waals surface area contributed by atoms with Gasteiger partial charge in [-0.05, 0) is 19.8 Å². The minimum Gasteiger partial charge on any atom is -0.347 e. The van der Waals surface area contributed by atoms with Crippen molar-refractivity contribution in [2.45, 2.75) is 29.9 Å². The van der Waals surface area contributed by atoms with Crippen LogP contribution in [0.3, 0.4) is 0 Å². The van der Waals surface area contributed by atoms with Gasteiger partial charge in [0.2, 0.25) is 10.0 Å². The number of hydrogen-bond donors (Lipinski definition) is 1. The summed E-state index contributed by atoms with van der Waals surface area (Å²) < 4.78 is 22.8. The highest BCUT2D eigenvalue weighted by atomic mass is 32.2. The highest BCUT2D eigenvalue weighted by Gasteiger charge is 2.26. The van der Waals surface area contributed by atoms with Gasteiger partial charge < -0.3 is 4.90 Å². The summed E-state index contributed by atoms with van der Waals surface area (Å²) in [6.45, 7) is 3.71. The van der Waals surface area contributed by atoms with Crippen molar-refractivity contribution in [2.24, 2.45) is 5.14 Å². The molecule has 1 atom stereocenters. The number of aromatic nitrogens is 2. The predicted octanol–water partition coefficient (Wildman–Crippen LogP) is 1.94. The third-order valence-corrected chi connectivity index (χ3v) is 7.02. The molecule has 3 rings (SSSR count). The van der Waals surface area contributed by atoms with Gasteiger partial charge in [-0.1, -0.05) is 11.3 Å². The lowest BCUT2D eigenvalue weighted by atomic mass is 9.99. The Labute approximate surface area is 131 Å². The monoisotopic (exact) mass is 344 g/mol. The van der Waals surface area contributed by atoms with Crippen LogP contribution in [0.15, 0.2) is 15.8 Å². The van der Waals surface area contributed by atoms with Crippen LogP contribution in [0.1, 0.15) is 29.5 Å². The van der Waals surface area contributed by atoms with E-state index < -0.39 is 10.0 Å². The molecule has 1 aliphatic rings. The van der Waals surface area contributed by atoms with Crippen molar-refractivity contribution in [1.29, 1.82) is 0 Å². The number of nitrogens with zero attached hydrogens (tertiary/aromatic N) is 3. The van der Waals surface area contributed by atoms with E-state index in [2.05, 4.69) is 20.2 Å². The fourth-order valence-electron chi connectivity index (χ4n) is 2.44. The Balaban J connectivity index is 1.78. The quantitative estimate of drug-likeness (QED) is 0.919. The summed E-state index contributed by atoms with van der Waals surface area (Å²) in [5.41, 5.74) is 1.05. The highest BCUT2D eigenvalue weighted by Crippen LogP contribution is 2.33. The molecular formula is C12H16N4O2S3. The average molecular weight is 344 g/mol. The van der Waals surface area contributed by atoms with E-state index in [1.54, 1.807) is 11.3 Å². The Hall–Kier alpha value is -1.03. The van der Waals surface area contributed by atoms with E-state index >= 15 is 0 Å². The number of primary sulfonamides is 1. The van der Waals surface area contributed by atoms with Crippen molar-refractivity contribution in [1.82, 2.24) is 9.97 Å². The normalized spacial score (nSPS) is 19.9. The molecule has 1 fully saturated rings. The second-order valence-corrected chi connectivity index (χ2v) is 8.81. The fourth-order valence-corrected chi connectivity index (χ4v) is 4.94. The first-order chi connectivity index (χ1) is 9.93. The molecule has 0 aliphatic carbocycles. The maximum Gasteiger partial charge on any atom is 0.249 e. The van der Waals surface area contributed by atoms with E-state index in [-0.39, 0.29) is 4.21 Å². The lowest BCUT2D eigenvalue weighted by molar-refractivity contribution is 0.507. The van der Waals surface area contributed by atoms with E-state index in [9.17, 15) is 8.42 Å². The summed E-state index contributed by atoms with van der Waals surface area (Å²) in [4.78, 5) is 10.9. The summed E-state index contributed by atoms with van der Waals surface area (Å²) in [7, 11) is -3.66. The zero-order valence-electron chi connectivity index (χ0n) is 11.5. The Morgan fingerprint density at radius 2 is 2.29 bits per heavy atom. The first-order valence-corrected chi connectivity index (χ1v) is 9.83. The van der Waals surface area contributed by atoms with Gasteiger partial charge in [0.05, 0.1) is 11.2 Å². The number of nitrogens with two attached hydrogens (primary N) is 1. The Bertz CT molecular complexity index is 737. The number of thiazole rings is 2. The Morgan fingerprint density at radius 1 is 1.48 bits per heavy atom. The smallest absolute Gasteiger partial charge is 0.249 e. The zero-order valence-corrected chi connectivity index (χ0v) is 14.0. The second kappa shape index (κ2) is 5.64. The maximum atomic E-state index is 11.3. The standard InChI is InChI=1S/C12H16N4O2S3/c1-8-7-19-11(15-8)9-3-2-4-16(6-9)12-14-5-10(20-12)21(13,17)18/h5,7,9H,2-4,6H2,1H3,(H2,13,17,18). The number of hydrogen-bond acceptors (Lipinski definition) is 7. The van der Waals surface area contributed by atoms with Crippen LogP contribution in [0.4, 0.5) is 5.13 Å². The van der Waals surface area contributed by atoms with Crippen molar-refractivity contribution >= 4 is 37.8 Å². The van der Waals surface area contributed by atoms with E-state index in [0.717, 1.165) is 53.1 Å². The fraction of sp³-hybridized carbons (Fsp3) is 0.500. The predicted molar refractivity (Wildman–Crippen MR) is 84.5 cm³/mol.